The maximum absolute atomic E-state index is 8.41. The van der Waals surface area contributed by atoms with Gasteiger partial charge in [-0.1, -0.05) is 0 Å². The second kappa shape index (κ2) is 13.8. The predicted octanol–water partition coefficient (Wildman–Crippen LogP) is -8.14. The minimum Gasteiger partial charge on any atom is -0.357 e. The van der Waals surface area contributed by atoms with E-state index >= 15 is 0 Å². The topological polar surface area (TPSA) is 195 Å². The largest absolute Gasteiger partial charge is 2.00 e. The number of halogens is 2. The molecule has 0 saturated carbocycles. The van der Waals surface area contributed by atoms with Crippen molar-refractivity contribution in [1.29, 1.82) is 0 Å². The third kappa shape index (κ3) is 41.6. The molecule has 2 N–H and O–H groups in total. The molecule has 0 bridgehead atoms. The van der Waals surface area contributed by atoms with Gasteiger partial charge in [0.1, 0.15) is 12.7 Å². The zero-order chi connectivity index (χ0) is 11.6. The number of hydrogen-bond donors (Lipinski definition) is 1. The van der Waals surface area contributed by atoms with Crippen LogP contribution in [0.3, 0.4) is 0 Å². The van der Waals surface area contributed by atoms with E-state index < -0.39 is 21.6 Å². The predicted molar refractivity (Wildman–Crippen MR) is 20.2 cm³/mol. The van der Waals surface area contributed by atoms with Crippen LogP contribution in [0.1, 0.15) is 0 Å². The van der Waals surface area contributed by atoms with Crippen molar-refractivity contribution in [3.63, 3.8) is 0 Å². The molecule has 1 radical (unpaired) electrons. The van der Waals surface area contributed by atoms with Crippen molar-refractivity contribution in [2.75, 3.05) is 5.84 Å². The summed E-state index contributed by atoms with van der Waals surface area (Å²) in [4.78, 5) is 0. The Bertz CT molecular complexity index is 188. The van der Waals surface area contributed by atoms with Gasteiger partial charge in [-0.3, -0.25) is 0 Å². The van der Waals surface area contributed by atoms with Crippen molar-refractivity contribution in [1.82, 2.24) is 14.9 Å². The van der Waals surface area contributed by atoms with Gasteiger partial charge in [0.25, 0.3) is 0 Å². The normalized spacial score (nSPS) is 8.27. The van der Waals surface area contributed by atoms with Gasteiger partial charge < -0.3 is 33.8 Å². The van der Waals surface area contributed by atoms with Crippen LogP contribution < -0.4 is 33.8 Å². The quantitative estimate of drug-likeness (QED) is 0.357. The first kappa shape index (κ1) is 20.2. The van der Waals surface area contributed by atoms with Crippen molar-refractivity contribution in [2.45, 2.75) is 0 Å². The Morgan fingerprint density at radius 3 is 1.13 bits per heavy atom. The molecule has 0 aliphatic carbocycles. The Morgan fingerprint density at radius 2 is 1.07 bits per heavy atom. The minimum atomic E-state index is -2.85. The molecule has 0 saturated heterocycles. The van der Waals surface area contributed by atoms with Gasteiger partial charge in [0, 0.05) is 0 Å². The molecule has 0 aliphatic rings. The summed E-state index contributed by atoms with van der Waals surface area (Å²) in [5.74, 6) is 5.07. The van der Waals surface area contributed by atoms with E-state index in [1.165, 1.54) is 17.3 Å². The molecule has 15 heavy (non-hydrogen) atoms. The van der Waals surface area contributed by atoms with E-state index in [0.29, 0.717) is 0 Å². The number of rotatable bonds is 0. The summed E-state index contributed by atoms with van der Waals surface area (Å²) in [6, 6.07) is 0. The summed E-state index contributed by atoms with van der Waals surface area (Å²) >= 11 is 0. The van der Waals surface area contributed by atoms with E-state index in [9.17, 15) is 0 Å². The minimum absolute atomic E-state index is 0. The standard InChI is InChI=1S/C2H4N4.2ClO3.Cu/c3-6-1-4-5-2-6;2*2-1(3)4;/h1-2H,3H2;;;/q;2*-1;+2. The van der Waals surface area contributed by atoms with E-state index in [-0.39, 0.29) is 17.1 Å². The number of aromatic nitrogens is 3. The molecule has 1 aromatic heterocycles. The molecule has 13 heteroatoms. The number of nitrogens with two attached hydrogens (primary N) is 1. The Hall–Kier alpha value is -0.201. The summed E-state index contributed by atoms with van der Waals surface area (Å²) < 4.78 is 51.7. The molecular weight excluding hydrogens is 310 g/mol. The molecule has 0 amide bonds. The van der Waals surface area contributed by atoms with Gasteiger partial charge in [0.2, 0.25) is 0 Å². The van der Waals surface area contributed by atoms with Crippen LogP contribution in [0.5, 0.6) is 0 Å². The first-order valence-electron chi connectivity index (χ1n) is 2.42. The molecule has 0 unspecified atom stereocenters. The van der Waals surface area contributed by atoms with E-state index in [2.05, 4.69) is 10.2 Å². The maximum atomic E-state index is 8.41. The third-order valence-corrected chi connectivity index (χ3v) is 0.437. The molecule has 0 aromatic carbocycles. The average molecular weight is 315 g/mol. The van der Waals surface area contributed by atoms with Gasteiger partial charge in [0.05, 0.1) is 21.6 Å². The Morgan fingerprint density at radius 1 is 0.867 bits per heavy atom. The van der Waals surface area contributed by atoms with Crippen molar-refractivity contribution in [2.24, 2.45) is 0 Å². The molecule has 1 rings (SSSR count). The third-order valence-electron chi connectivity index (χ3n) is 0.437. The average Bonchev–Trinajstić information content (AvgIpc) is 2.36. The fourth-order valence-corrected chi connectivity index (χ4v) is 0.209. The summed E-state index contributed by atoms with van der Waals surface area (Å²) in [5, 5.41) is 6.82. The number of nitrogens with zero attached hydrogens (tertiary/aromatic N) is 3. The van der Waals surface area contributed by atoms with Crippen LogP contribution in [0, 0.1) is 21.6 Å². The number of nitrogen functional groups attached to an aromatic ring is 1. The van der Waals surface area contributed by atoms with Crippen LogP contribution in [-0.2, 0) is 17.1 Å². The summed E-state index contributed by atoms with van der Waals surface area (Å²) in [6.45, 7) is 0. The zero-order valence-corrected chi connectivity index (χ0v) is 9.03. The Labute approximate surface area is 100 Å². The van der Waals surface area contributed by atoms with Crippen molar-refractivity contribution < 1.29 is 66.6 Å². The summed E-state index contributed by atoms with van der Waals surface area (Å²) in [7, 11) is -5.70. The summed E-state index contributed by atoms with van der Waals surface area (Å²) in [6.07, 6.45) is 2.83. The molecule has 1 heterocycles. The Balaban J connectivity index is -0.000000145. The van der Waals surface area contributed by atoms with Crippen LogP contribution in [-0.4, -0.2) is 14.9 Å². The van der Waals surface area contributed by atoms with Gasteiger partial charge in [-0.25, -0.2) is 4.68 Å². The smallest absolute Gasteiger partial charge is 0.357 e. The molecule has 10 nitrogen and oxygen atoms in total. The van der Waals surface area contributed by atoms with Crippen molar-refractivity contribution in [3.8, 4) is 0 Å². The van der Waals surface area contributed by atoms with Crippen molar-refractivity contribution >= 4 is 0 Å². The first-order valence-corrected chi connectivity index (χ1v) is 4.27. The molecule has 0 fully saturated rings. The van der Waals surface area contributed by atoms with Crippen LogP contribution in [0.25, 0.3) is 0 Å². The van der Waals surface area contributed by atoms with Crippen LogP contribution in [0.4, 0.5) is 0 Å². The van der Waals surface area contributed by atoms with E-state index in [0.717, 1.165) is 0 Å². The first-order chi connectivity index (χ1) is 6.36. The van der Waals surface area contributed by atoms with Crippen LogP contribution in [0.15, 0.2) is 12.7 Å². The second-order valence-electron chi connectivity index (χ2n) is 1.29. The fraction of sp³-hybridized carbons (Fsp3) is 0. The SMILES string of the molecule is Nn1cnnc1.[Cu+2].[O-][Cl+2]([O-])[O-].[O-][Cl+2]([O-])[O-]. The van der Waals surface area contributed by atoms with Crippen LogP contribution in [0.2, 0.25) is 0 Å². The van der Waals surface area contributed by atoms with Crippen molar-refractivity contribution in [3.05, 3.63) is 12.7 Å². The molecule has 0 spiro atoms. The Kier molecular flexibility index (Phi) is 18.6. The van der Waals surface area contributed by atoms with Gasteiger partial charge in [-0.2, -0.15) is 0 Å². The molecule has 93 valence electrons. The second-order valence-corrected chi connectivity index (χ2v) is 2.04. The van der Waals surface area contributed by atoms with Crippen LogP contribution >= 0.6 is 0 Å². The summed E-state index contributed by atoms with van der Waals surface area (Å²) in [5.41, 5.74) is 0. The van der Waals surface area contributed by atoms with Gasteiger partial charge >= 0.3 is 17.1 Å². The van der Waals surface area contributed by atoms with Gasteiger partial charge in [-0.15, -0.1) is 10.2 Å². The van der Waals surface area contributed by atoms with E-state index in [1.807, 2.05) is 0 Å². The van der Waals surface area contributed by atoms with E-state index in [4.69, 9.17) is 33.8 Å². The van der Waals surface area contributed by atoms with Gasteiger partial charge in [-0.05, 0) is 0 Å². The maximum Gasteiger partial charge on any atom is 2.00 e. The van der Waals surface area contributed by atoms with E-state index in [1.54, 1.807) is 0 Å². The number of hydrogen-bond acceptors (Lipinski definition) is 9. The molecule has 0 aliphatic heterocycles. The van der Waals surface area contributed by atoms with Gasteiger partial charge in [0.15, 0.2) is 0 Å². The zero-order valence-electron chi connectivity index (χ0n) is 6.58. The monoisotopic (exact) mass is 313 g/mol. The molecule has 1 aromatic rings. The molecular formula is C2H4Cl2CuN4O6. The fourth-order valence-electron chi connectivity index (χ4n) is 0.209. The molecule has 0 atom stereocenters.